The van der Waals surface area contributed by atoms with E-state index < -0.39 is 0 Å². The first-order valence-electron chi connectivity index (χ1n) is 13.5. The van der Waals surface area contributed by atoms with E-state index in [1.54, 1.807) is 11.3 Å². The van der Waals surface area contributed by atoms with Gasteiger partial charge in [0.1, 0.15) is 16.6 Å². The Bertz CT molecular complexity index is 1470. The van der Waals surface area contributed by atoms with E-state index >= 15 is 0 Å². The van der Waals surface area contributed by atoms with E-state index in [1.807, 2.05) is 43.3 Å². The molecule has 0 saturated heterocycles. The number of aryl methyl sites for hydroxylation is 2. The second-order valence-corrected chi connectivity index (χ2v) is 12.0. The van der Waals surface area contributed by atoms with Crippen LogP contribution in [0.2, 0.25) is 5.02 Å². The van der Waals surface area contributed by atoms with Gasteiger partial charge in [0, 0.05) is 33.5 Å². The van der Waals surface area contributed by atoms with Crippen molar-refractivity contribution in [2.24, 2.45) is 0 Å². The number of nitrogens with one attached hydrogen (secondary N) is 1. The van der Waals surface area contributed by atoms with Gasteiger partial charge in [-0.2, -0.15) is 0 Å². The molecule has 0 saturated carbocycles. The number of halogens is 1. The zero-order valence-electron chi connectivity index (χ0n) is 23.6. The Hall–Kier alpha value is -3.22. The molecule has 0 aliphatic carbocycles. The van der Waals surface area contributed by atoms with Crippen LogP contribution in [0.4, 0.5) is 5.69 Å². The highest BCUT2D eigenvalue weighted by Gasteiger charge is 2.27. The maximum absolute atomic E-state index is 13.2. The topological polar surface area (TPSA) is 59.8 Å². The molecule has 2 aromatic carbocycles. The Morgan fingerprint density at radius 1 is 1.05 bits per heavy atom. The number of aromatic nitrogens is 3. The molecule has 0 spiro atoms. The minimum absolute atomic E-state index is 0.0257. The van der Waals surface area contributed by atoms with Gasteiger partial charge in [0.05, 0.1) is 0 Å². The molecule has 1 amide bonds. The number of amides is 1. The molecule has 204 valence electrons. The van der Waals surface area contributed by atoms with Crippen LogP contribution in [0.3, 0.4) is 0 Å². The summed E-state index contributed by atoms with van der Waals surface area (Å²) in [5.74, 6) is 1.95. The van der Waals surface area contributed by atoms with E-state index in [0.29, 0.717) is 17.4 Å². The lowest BCUT2D eigenvalue weighted by molar-refractivity contribution is -0.116. The van der Waals surface area contributed by atoms with Crippen LogP contribution in [-0.2, 0) is 4.79 Å². The fourth-order valence-corrected chi connectivity index (χ4v) is 6.24. The van der Waals surface area contributed by atoms with E-state index in [-0.39, 0.29) is 11.8 Å². The first-order chi connectivity index (χ1) is 18.6. The summed E-state index contributed by atoms with van der Waals surface area (Å²) in [7, 11) is 0. The highest BCUT2D eigenvalue weighted by molar-refractivity contribution is 7.15. The third kappa shape index (κ3) is 6.34. The molecule has 0 bridgehead atoms. The van der Waals surface area contributed by atoms with Crippen LogP contribution in [-0.4, -0.2) is 20.7 Å². The SMILES string of the molecule is C=C(c1ccc(Cl)cc1)c1c(-n2c(C)nnc2[C@@H](CCC)CC(=O)Nc2ccc(C(C)C)cc2)sc(C)c1C. The van der Waals surface area contributed by atoms with Crippen molar-refractivity contribution in [1.82, 2.24) is 14.8 Å². The summed E-state index contributed by atoms with van der Waals surface area (Å²) < 4.78 is 2.13. The van der Waals surface area contributed by atoms with Gasteiger partial charge in [-0.1, -0.05) is 69.6 Å². The zero-order valence-corrected chi connectivity index (χ0v) is 25.2. The van der Waals surface area contributed by atoms with Gasteiger partial charge in [0.2, 0.25) is 5.91 Å². The van der Waals surface area contributed by atoms with Crippen molar-refractivity contribution >= 4 is 40.1 Å². The van der Waals surface area contributed by atoms with E-state index in [0.717, 1.165) is 51.9 Å². The fourth-order valence-electron chi connectivity index (χ4n) is 4.87. The van der Waals surface area contributed by atoms with Crippen molar-refractivity contribution in [1.29, 1.82) is 0 Å². The van der Waals surface area contributed by atoms with Gasteiger partial charge in [-0.25, -0.2) is 0 Å². The summed E-state index contributed by atoms with van der Waals surface area (Å²) in [6.07, 6.45) is 2.09. The van der Waals surface area contributed by atoms with Crippen LogP contribution in [0.1, 0.15) is 90.6 Å². The minimum atomic E-state index is -0.0782. The van der Waals surface area contributed by atoms with Crippen LogP contribution in [0.15, 0.2) is 55.1 Å². The van der Waals surface area contributed by atoms with Gasteiger partial charge in [-0.15, -0.1) is 21.5 Å². The maximum Gasteiger partial charge on any atom is 0.225 e. The number of carbonyl (C=O) groups excluding carboxylic acids is 1. The lowest BCUT2D eigenvalue weighted by Gasteiger charge is -2.19. The summed E-state index contributed by atoms with van der Waals surface area (Å²) in [6, 6.07) is 15.9. The van der Waals surface area contributed by atoms with Crippen LogP contribution in [0, 0.1) is 20.8 Å². The Kier molecular flexibility index (Phi) is 9.08. The van der Waals surface area contributed by atoms with Crippen molar-refractivity contribution in [3.63, 3.8) is 0 Å². The number of benzene rings is 2. The standard InChI is InChI=1S/C32H37ClN4OS/c1-8-9-26(18-29(38)34-28-16-12-24(13-17-28)19(2)3)31-36-35-23(7)37(31)32-30(20(4)22(6)39-32)21(5)25-10-14-27(33)15-11-25/h10-17,19,26H,5,8-9,18H2,1-4,6-7H3,(H,34,38)/t26-/m0/s1. The summed E-state index contributed by atoms with van der Waals surface area (Å²) in [5, 5.41) is 13.9. The molecule has 5 nitrogen and oxygen atoms in total. The zero-order chi connectivity index (χ0) is 28.3. The smallest absolute Gasteiger partial charge is 0.225 e. The molecule has 39 heavy (non-hydrogen) atoms. The number of thiophene rings is 1. The second kappa shape index (κ2) is 12.3. The first kappa shape index (κ1) is 28.8. The summed E-state index contributed by atoms with van der Waals surface area (Å²) in [6.45, 7) is 17.2. The minimum Gasteiger partial charge on any atom is -0.326 e. The third-order valence-electron chi connectivity index (χ3n) is 7.21. The Labute approximate surface area is 241 Å². The number of anilines is 1. The predicted octanol–water partition coefficient (Wildman–Crippen LogP) is 9.00. The molecule has 0 fully saturated rings. The Morgan fingerprint density at radius 2 is 1.72 bits per heavy atom. The molecule has 1 atom stereocenters. The molecule has 7 heteroatoms. The molecule has 0 aliphatic heterocycles. The normalized spacial score (nSPS) is 12.1. The number of nitrogens with zero attached hydrogens (tertiary/aromatic N) is 3. The summed E-state index contributed by atoms with van der Waals surface area (Å²) in [4.78, 5) is 14.4. The average molecular weight is 561 g/mol. The van der Waals surface area contributed by atoms with Crippen LogP contribution >= 0.6 is 22.9 Å². The highest BCUT2D eigenvalue weighted by Crippen LogP contribution is 2.40. The number of hydrogen-bond donors (Lipinski definition) is 1. The average Bonchev–Trinajstić information content (AvgIpc) is 3.42. The molecule has 0 unspecified atom stereocenters. The van der Waals surface area contributed by atoms with Gasteiger partial charge >= 0.3 is 0 Å². The molecule has 2 heterocycles. The number of rotatable bonds is 10. The van der Waals surface area contributed by atoms with Crippen molar-refractivity contribution in [2.75, 3.05) is 5.32 Å². The highest BCUT2D eigenvalue weighted by atomic mass is 35.5. The summed E-state index contributed by atoms with van der Waals surface area (Å²) >= 11 is 7.86. The predicted molar refractivity (Wildman–Crippen MR) is 164 cm³/mol. The molecule has 0 aliphatic rings. The molecule has 4 rings (SSSR count). The van der Waals surface area contributed by atoms with E-state index in [9.17, 15) is 4.79 Å². The molecule has 2 aromatic heterocycles. The number of carbonyl (C=O) groups is 1. The molecular weight excluding hydrogens is 524 g/mol. The molecular formula is C32H37ClN4OS. The Balaban J connectivity index is 1.67. The molecule has 4 aromatic rings. The monoisotopic (exact) mass is 560 g/mol. The van der Waals surface area contributed by atoms with Crippen molar-refractivity contribution in [3.8, 4) is 5.00 Å². The quantitative estimate of drug-likeness (QED) is 0.210. The van der Waals surface area contributed by atoms with Crippen LogP contribution in [0.25, 0.3) is 10.6 Å². The van der Waals surface area contributed by atoms with E-state index in [2.05, 4.69) is 73.4 Å². The fraction of sp³-hybridized carbons (Fsp3) is 0.344. The van der Waals surface area contributed by atoms with Gasteiger partial charge < -0.3 is 5.32 Å². The van der Waals surface area contributed by atoms with Gasteiger partial charge in [0.25, 0.3) is 0 Å². The van der Waals surface area contributed by atoms with Gasteiger partial charge in [0.15, 0.2) is 0 Å². The van der Waals surface area contributed by atoms with E-state index in [1.165, 1.54) is 16.0 Å². The molecule has 1 N–H and O–H groups in total. The van der Waals surface area contributed by atoms with Crippen LogP contribution in [0.5, 0.6) is 0 Å². The first-order valence-corrected chi connectivity index (χ1v) is 14.7. The third-order valence-corrected chi connectivity index (χ3v) is 8.65. The van der Waals surface area contributed by atoms with Crippen molar-refractivity contribution < 1.29 is 4.79 Å². The van der Waals surface area contributed by atoms with E-state index in [4.69, 9.17) is 11.6 Å². The van der Waals surface area contributed by atoms with Gasteiger partial charge in [-0.3, -0.25) is 9.36 Å². The summed E-state index contributed by atoms with van der Waals surface area (Å²) in [5.41, 5.74) is 6.26. The largest absolute Gasteiger partial charge is 0.326 e. The van der Waals surface area contributed by atoms with Gasteiger partial charge in [-0.05, 0) is 79.6 Å². The maximum atomic E-state index is 13.2. The molecule has 0 radical (unpaired) electrons. The number of hydrogen-bond acceptors (Lipinski definition) is 4. The van der Waals surface area contributed by atoms with Crippen LogP contribution < -0.4 is 5.32 Å². The lowest BCUT2D eigenvalue weighted by Crippen LogP contribution is -2.18. The Morgan fingerprint density at radius 3 is 2.33 bits per heavy atom. The second-order valence-electron chi connectivity index (χ2n) is 10.4. The van der Waals surface area contributed by atoms with Crippen molar-refractivity contribution in [2.45, 2.75) is 72.6 Å². The van der Waals surface area contributed by atoms with Crippen molar-refractivity contribution in [3.05, 3.63) is 98.9 Å². The lowest BCUT2D eigenvalue weighted by atomic mass is 9.96.